The Morgan fingerprint density at radius 3 is 2.43 bits per heavy atom. The minimum atomic E-state index is -4.78. The van der Waals surface area contributed by atoms with Crippen molar-refractivity contribution < 1.29 is 18.1 Å². The topological polar surface area (TPSA) is 92.7 Å². The summed E-state index contributed by atoms with van der Waals surface area (Å²) in [5, 5.41) is 15.0. The highest BCUT2D eigenvalue weighted by Gasteiger charge is 2.37. The number of aromatic nitrogens is 4. The highest BCUT2D eigenvalue weighted by molar-refractivity contribution is 6.31. The molecule has 0 unspecified atom stereocenters. The van der Waals surface area contributed by atoms with Crippen molar-refractivity contribution in [2.45, 2.75) is 13.1 Å². The summed E-state index contributed by atoms with van der Waals surface area (Å²) in [6.07, 6.45) is -3.38. The van der Waals surface area contributed by atoms with Crippen LogP contribution in [0.1, 0.15) is 11.3 Å². The Balaban J connectivity index is 1.62. The predicted molar refractivity (Wildman–Crippen MR) is 103 cm³/mol. The van der Waals surface area contributed by atoms with Crippen molar-refractivity contribution in [3.8, 4) is 0 Å². The molecular weight excluding hydrogens is 427 g/mol. The largest absolute Gasteiger partial charge is 0.418 e. The highest BCUT2D eigenvalue weighted by Crippen LogP contribution is 2.41. The lowest BCUT2D eigenvalue weighted by Gasteiger charge is -2.37. The van der Waals surface area contributed by atoms with E-state index in [0.717, 1.165) is 17.6 Å². The van der Waals surface area contributed by atoms with Crippen LogP contribution < -0.4 is 9.80 Å². The second-order valence-electron chi connectivity index (χ2n) is 6.78. The number of rotatable bonds is 3. The zero-order valence-corrected chi connectivity index (χ0v) is 16.4. The molecule has 0 atom stereocenters. The molecule has 13 heteroatoms. The van der Waals surface area contributed by atoms with Crippen LogP contribution in [0.4, 0.5) is 30.4 Å². The van der Waals surface area contributed by atoms with Crippen LogP contribution >= 0.6 is 11.6 Å². The van der Waals surface area contributed by atoms with E-state index in [1.807, 2.05) is 17.9 Å². The molecule has 0 amide bonds. The summed E-state index contributed by atoms with van der Waals surface area (Å²) in [6.45, 7) is 3.46. The van der Waals surface area contributed by atoms with Gasteiger partial charge in [-0.15, -0.1) is 0 Å². The second-order valence-corrected chi connectivity index (χ2v) is 7.18. The van der Waals surface area contributed by atoms with E-state index in [0.29, 0.717) is 38.0 Å². The molecule has 0 N–H and O–H groups in total. The summed E-state index contributed by atoms with van der Waals surface area (Å²) >= 11 is 5.80. The first kappa shape index (κ1) is 20.1. The Hall–Kier alpha value is -3.15. The minimum absolute atomic E-state index is 0.0643. The molecular formula is C17H15ClF3N7O2. The fourth-order valence-corrected chi connectivity index (χ4v) is 3.75. The molecule has 3 heterocycles. The van der Waals surface area contributed by atoms with E-state index in [1.165, 1.54) is 6.33 Å². The molecule has 1 aliphatic rings. The number of benzene rings is 1. The number of anilines is 2. The van der Waals surface area contributed by atoms with Gasteiger partial charge in [0.25, 0.3) is 11.5 Å². The fourth-order valence-electron chi connectivity index (χ4n) is 3.48. The number of piperazine rings is 1. The number of hydrogen-bond donors (Lipinski definition) is 0. The third-order valence-electron chi connectivity index (χ3n) is 4.87. The monoisotopic (exact) mass is 441 g/mol. The summed E-state index contributed by atoms with van der Waals surface area (Å²) in [6, 6.07) is 3.37. The van der Waals surface area contributed by atoms with Crippen molar-refractivity contribution >= 4 is 34.6 Å². The first-order valence-electron chi connectivity index (χ1n) is 8.87. The van der Waals surface area contributed by atoms with Crippen LogP contribution in [0.5, 0.6) is 0 Å². The molecule has 1 saturated heterocycles. The van der Waals surface area contributed by atoms with Crippen LogP contribution in [0.25, 0.3) is 5.78 Å². The van der Waals surface area contributed by atoms with Gasteiger partial charge in [0.2, 0.25) is 0 Å². The molecule has 3 aromatic rings. The lowest BCUT2D eigenvalue weighted by molar-refractivity contribution is -0.384. The molecule has 0 spiro atoms. The number of nitro benzene ring substituents is 1. The highest BCUT2D eigenvalue weighted by atomic mass is 35.5. The van der Waals surface area contributed by atoms with Gasteiger partial charge in [0.1, 0.15) is 17.8 Å². The third kappa shape index (κ3) is 3.58. The summed E-state index contributed by atoms with van der Waals surface area (Å²) in [5.41, 5.74) is -1.02. The smallest absolute Gasteiger partial charge is 0.362 e. The van der Waals surface area contributed by atoms with E-state index in [4.69, 9.17) is 11.6 Å². The molecule has 0 radical (unpaired) electrons. The average molecular weight is 442 g/mol. The van der Waals surface area contributed by atoms with Crippen LogP contribution in [0.2, 0.25) is 5.02 Å². The van der Waals surface area contributed by atoms with Crippen molar-refractivity contribution in [2.75, 3.05) is 36.0 Å². The summed E-state index contributed by atoms with van der Waals surface area (Å²) in [4.78, 5) is 22.7. The lowest BCUT2D eigenvalue weighted by Crippen LogP contribution is -2.47. The van der Waals surface area contributed by atoms with Crippen LogP contribution in [0, 0.1) is 17.0 Å². The van der Waals surface area contributed by atoms with Crippen LogP contribution in [-0.4, -0.2) is 50.7 Å². The van der Waals surface area contributed by atoms with Gasteiger partial charge in [-0.3, -0.25) is 10.1 Å². The summed E-state index contributed by atoms with van der Waals surface area (Å²) in [5.74, 6) is 1.23. The molecule has 0 bridgehead atoms. The standard InChI is InChI=1S/C17H15ClF3N7O2/c1-10-6-15(27-16(24-10)22-9-23-27)26-4-2-25(3-5-26)13-8-12(18)11(17(19,20)21)7-14(13)28(29)30/h6-9H,2-5H2,1H3. The molecule has 30 heavy (non-hydrogen) atoms. The zero-order valence-electron chi connectivity index (χ0n) is 15.6. The Labute approximate surface area is 172 Å². The van der Waals surface area contributed by atoms with Gasteiger partial charge in [-0.1, -0.05) is 11.6 Å². The maximum atomic E-state index is 13.1. The van der Waals surface area contributed by atoms with Gasteiger partial charge in [0.05, 0.1) is 15.5 Å². The van der Waals surface area contributed by atoms with Gasteiger partial charge < -0.3 is 9.80 Å². The van der Waals surface area contributed by atoms with Crippen molar-refractivity contribution in [1.29, 1.82) is 0 Å². The fraction of sp³-hybridized carbons (Fsp3) is 0.353. The number of alkyl halides is 3. The molecule has 0 aliphatic carbocycles. The van der Waals surface area contributed by atoms with Crippen LogP contribution in [-0.2, 0) is 6.18 Å². The number of nitrogens with zero attached hydrogens (tertiary/aromatic N) is 7. The minimum Gasteiger partial charge on any atom is -0.362 e. The first-order valence-corrected chi connectivity index (χ1v) is 9.25. The normalized spacial score (nSPS) is 15.1. The Kier molecular flexibility index (Phi) is 4.88. The van der Waals surface area contributed by atoms with Gasteiger partial charge >= 0.3 is 6.18 Å². The Bertz CT molecular complexity index is 1130. The van der Waals surface area contributed by atoms with E-state index in [1.54, 1.807) is 9.42 Å². The summed E-state index contributed by atoms with van der Waals surface area (Å²) in [7, 11) is 0. The number of fused-ring (bicyclic) bond motifs is 1. The first-order chi connectivity index (χ1) is 14.1. The molecule has 2 aromatic heterocycles. The second kappa shape index (κ2) is 7.27. The molecule has 158 valence electrons. The number of nitro groups is 1. The van der Waals surface area contributed by atoms with E-state index in [-0.39, 0.29) is 5.69 Å². The molecule has 1 fully saturated rings. The SMILES string of the molecule is Cc1cc(N2CCN(c3cc(Cl)c(C(F)(F)F)cc3[N+](=O)[O-])CC2)n2ncnc2n1. The number of aryl methyl sites for hydroxylation is 1. The maximum absolute atomic E-state index is 13.1. The maximum Gasteiger partial charge on any atom is 0.418 e. The molecule has 1 aromatic carbocycles. The molecule has 0 saturated carbocycles. The number of hydrogen-bond acceptors (Lipinski definition) is 7. The van der Waals surface area contributed by atoms with Crippen molar-refractivity contribution in [1.82, 2.24) is 19.6 Å². The summed E-state index contributed by atoms with van der Waals surface area (Å²) < 4.78 is 40.9. The van der Waals surface area contributed by atoms with Crippen molar-refractivity contribution in [3.63, 3.8) is 0 Å². The van der Waals surface area contributed by atoms with Gasteiger partial charge in [0.15, 0.2) is 0 Å². The number of halogens is 4. The quantitative estimate of drug-likeness (QED) is 0.454. The Morgan fingerprint density at radius 1 is 1.13 bits per heavy atom. The van der Waals surface area contributed by atoms with Crippen molar-refractivity contribution in [2.24, 2.45) is 0 Å². The third-order valence-corrected chi connectivity index (χ3v) is 5.18. The van der Waals surface area contributed by atoms with Gasteiger partial charge in [-0.2, -0.15) is 27.8 Å². The van der Waals surface area contributed by atoms with E-state index in [2.05, 4.69) is 15.1 Å². The van der Waals surface area contributed by atoms with Gasteiger partial charge in [0, 0.05) is 44.0 Å². The van der Waals surface area contributed by atoms with Crippen LogP contribution in [0.15, 0.2) is 24.5 Å². The molecule has 4 rings (SSSR count). The van der Waals surface area contributed by atoms with E-state index in [9.17, 15) is 23.3 Å². The Morgan fingerprint density at radius 2 is 1.80 bits per heavy atom. The van der Waals surface area contributed by atoms with E-state index >= 15 is 0 Å². The molecule has 9 nitrogen and oxygen atoms in total. The van der Waals surface area contributed by atoms with E-state index < -0.39 is 27.4 Å². The van der Waals surface area contributed by atoms with Crippen molar-refractivity contribution in [3.05, 3.63) is 50.9 Å². The van der Waals surface area contributed by atoms with Crippen LogP contribution in [0.3, 0.4) is 0 Å². The average Bonchev–Trinajstić information content (AvgIpc) is 3.14. The predicted octanol–water partition coefficient (Wildman–Crippen LogP) is 3.34. The molecule has 1 aliphatic heterocycles. The lowest BCUT2D eigenvalue weighted by atomic mass is 10.1. The zero-order chi connectivity index (χ0) is 21.6. The van der Waals surface area contributed by atoms with Gasteiger partial charge in [-0.05, 0) is 13.0 Å². The van der Waals surface area contributed by atoms with Gasteiger partial charge in [-0.25, -0.2) is 4.98 Å².